The van der Waals surface area contributed by atoms with Gasteiger partial charge < -0.3 is 10.6 Å². The van der Waals surface area contributed by atoms with E-state index in [-0.39, 0.29) is 5.91 Å². The van der Waals surface area contributed by atoms with Crippen molar-refractivity contribution in [1.29, 1.82) is 0 Å². The number of hydrogen-bond donors (Lipinski definition) is 2. The Morgan fingerprint density at radius 2 is 1.95 bits per heavy atom. The van der Waals surface area contributed by atoms with E-state index in [0.717, 1.165) is 30.8 Å². The highest BCUT2D eigenvalue weighted by Gasteiger charge is 2.04. The van der Waals surface area contributed by atoms with E-state index in [0.29, 0.717) is 12.3 Å². The molecule has 0 fully saturated rings. The smallest absolute Gasteiger partial charge is 0.225 e. The maximum absolute atomic E-state index is 11.8. The molecular weight excluding hydrogens is 236 g/mol. The number of carbonyl (C=O) groups is 1. The molecule has 0 atom stereocenters. The summed E-state index contributed by atoms with van der Waals surface area (Å²) in [5.74, 6) is 0.778. The van der Waals surface area contributed by atoms with Gasteiger partial charge >= 0.3 is 0 Å². The lowest BCUT2D eigenvalue weighted by molar-refractivity contribution is -0.116. The third kappa shape index (κ3) is 6.39. The molecule has 0 bridgehead atoms. The Kier molecular flexibility index (Phi) is 6.57. The van der Waals surface area contributed by atoms with Gasteiger partial charge in [0, 0.05) is 18.7 Å². The van der Waals surface area contributed by atoms with Crippen molar-refractivity contribution in [2.75, 3.05) is 18.4 Å². The highest BCUT2D eigenvalue weighted by molar-refractivity contribution is 5.91. The van der Waals surface area contributed by atoms with Gasteiger partial charge in [0.15, 0.2) is 0 Å². The normalized spacial score (nSPS) is 10.8. The van der Waals surface area contributed by atoms with Crippen LogP contribution in [0, 0.1) is 19.8 Å². The average Bonchev–Trinajstić information content (AvgIpc) is 2.32. The Labute approximate surface area is 116 Å². The van der Waals surface area contributed by atoms with Gasteiger partial charge in [0.1, 0.15) is 0 Å². The summed E-state index contributed by atoms with van der Waals surface area (Å²) in [6, 6.07) is 6.06. The summed E-state index contributed by atoms with van der Waals surface area (Å²) in [6.45, 7) is 10.2. The fourth-order valence-corrected chi connectivity index (χ4v) is 1.88. The molecule has 0 radical (unpaired) electrons. The van der Waals surface area contributed by atoms with E-state index in [9.17, 15) is 4.79 Å². The van der Waals surface area contributed by atoms with Crippen LogP contribution in [0.15, 0.2) is 18.2 Å². The predicted octanol–water partition coefficient (Wildman–Crippen LogP) is 3.27. The first-order valence-electron chi connectivity index (χ1n) is 7.07. The zero-order valence-electron chi connectivity index (χ0n) is 12.5. The zero-order valence-corrected chi connectivity index (χ0v) is 12.5. The number of nitrogens with one attached hydrogen (secondary N) is 2. The Balaban J connectivity index is 2.27. The summed E-state index contributed by atoms with van der Waals surface area (Å²) >= 11 is 0. The highest BCUT2D eigenvalue weighted by atomic mass is 16.1. The van der Waals surface area contributed by atoms with Gasteiger partial charge in [-0.05, 0) is 44.4 Å². The van der Waals surface area contributed by atoms with Gasteiger partial charge in [-0.1, -0.05) is 31.5 Å². The Bertz CT molecular complexity index is 413. The van der Waals surface area contributed by atoms with E-state index >= 15 is 0 Å². The molecule has 0 aliphatic carbocycles. The second kappa shape index (κ2) is 7.95. The molecule has 1 rings (SSSR count). The van der Waals surface area contributed by atoms with Crippen LogP contribution in [-0.4, -0.2) is 19.0 Å². The van der Waals surface area contributed by atoms with Crippen LogP contribution in [-0.2, 0) is 4.79 Å². The minimum atomic E-state index is 0.0731. The second-order valence-corrected chi connectivity index (χ2v) is 5.55. The van der Waals surface area contributed by atoms with Crippen molar-refractivity contribution >= 4 is 11.6 Å². The summed E-state index contributed by atoms with van der Waals surface area (Å²) in [7, 11) is 0. The molecule has 0 aliphatic rings. The van der Waals surface area contributed by atoms with E-state index in [1.807, 2.05) is 19.1 Å². The monoisotopic (exact) mass is 262 g/mol. The summed E-state index contributed by atoms with van der Waals surface area (Å²) < 4.78 is 0. The Hall–Kier alpha value is -1.35. The van der Waals surface area contributed by atoms with E-state index in [4.69, 9.17) is 0 Å². The Morgan fingerprint density at radius 1 is 1.21 bits per heavy atom. The summed E-state index contributed by atoms with van der Waals surface area (Å²) in [5, 5.41) is 6.25. The van der Waals surface area contributed by atoms with Gasteiger partial charge in [-0.15, -0.1) is 0 Å². The molecule has 1 aromatic rings. The third-order valence-corrected chi connectivity index (χ3v) is 3.08. The first-order valence-corrected chi connectivity index (χ1v) is 7.07. The number of amides is 1. The third-order valence-electron chi connectivity index (χ3n) is 3.08. The van der Waals surface area contributed by atoms with Gasteiger partial charge in [0.25, 0.3) is 0 Å². The van der Waals surface area contributed by atoms with Crippen LogP contribution in [0.25, 0.3) is 0 Å². The van der Waals surface area contributed by atoms with Crippen molar-refractivity contribution in [1.82, 2.24) is 5.32 Å². The molecule has 0 unspecified atom stereocenters. The number of aryl methyl sites for hydroxylation is 2. The molecule has 19 heavy (non-hydrogen) atoms. The van der Waals surface area contributed by atoms with Crippen molar-refractivity contribution in [3.8, 4) is 0 Å². The van der Waals surface area contributed by atoms with Gasteiger partial charge in [-0.3, -0.25) is 4.79 Å². The predicted molar refractivity (Wildman–Crippen MR) is 81.5 cm³/mol. The fourth-order valence-electron chi connectivity index (χ4n) is 1.88. The van der Waals surface area contributed by atoms with E-state index < -0.39 is 0 Å². The fraction of sp³-hybridized carbons (Fsp3) is 0.562. The molecule has 1 aromatic carbocycles. The van der Waals surface area contributed by atoms with Crippen LogP contribution in [0.1, 0.15) is 37.8 Å². The number of carbonyl (C=O) groups excluding carboxylic acids is 1. The van der Waals surface area contributed by atoms with Crippen molar-refractivity contribution in [3.63, 3.8) is 0 Å². The SMILES string of the molecule is Cc1ccc(NC(=O)CCNCCC(C)C)c(C)c1. The summed E-state index contributed by atoms with van der Waals surface area (Å²) in [4.78, 5) is 11.8. The molecule has 0 saturated carbocycles. The van der Waals surface area contributed by atoms with E-state index in [1.54, 1.807) is 0 Å². The van der Waals surface area contributed by atoms with Gasteiger partial charge in [0.2, 0.25) is 5.91 Å². The van der Waals surface area contributed by atoms with Crippen molar-refractivity contribution < 1.29 is 4.79 Å². The molecular formula is C16H26N2O. The van der Waals surface area contributed by atoms with Crippen LogP contribution in [0.2, 0.25) is 0 Å². The van der Waals surface area contributed by atoms with E-state index in [1.165, 1.54) is 5.56 Å². The number of anilines is 1. The van der Waals surface area contributed by atoms with Crippen LogP contribution >= 0.6 is 0 Å². The van der Waals surface area contributed by atoms with Crippen molar-refractivity contribution in [2.45, 2.75) is 40.5 Å². The molecule has 0 saturated heterocycles. The summed E-state index contributed by atoms with van der Waals surface area (Å²) in [5.41, 5.74) is 3.24. The van der Waals surface area contributed by atoms with Crippen LogP contribution < -0.4 is 10.6 Å². The van der Waals surface area contributed by atoms with Gasteiger partial charge in [-0.25, -0.2) is 0 Å². The first kappa shape index (κ1) is 15.7. The molecule has 1 amide bonds. The molecule has 106 valence electrons. The molecule has 0 aromatic heterocycles. The molecule has 0 aliphatic heterocycles. The maximum atomic E-state index is 11.8. The molecule has 2 N–H and O–H groups in total. The van der Waals surface area contributed by atoms with Crippen molar-refractivity contribution in [2.24, 2.45) is 5.92 Å². The Morgan fingerprint density at radius 3 is 2.58 bits per heavy atom. The lowest BCUT2D eigenvalue weighted by atomic mass is 10.1. The quantitative estimate of drug-likeness (QED) is 0.740. The molecule has 0 heterocycles. The highest BCUT2D eigenvalue weighted by Crippen LogP contribution is 2.15. The van der Waals surface area contributed by atoms with Crippen LogP contribution in [0.4, 0.5) is 5.69 Å². The largest absolute Gasteiger partial charge is 0.326 e. The average molecular weight is 262 g/mol. The number of benzene rings is 1. The zero-order chi connectivity index (χ0) is 14.3. The van der Waals surface area contributed by atoms with E-state index in [2.05, 4.69) is 37.5 Å². The lowest BCUT2D eigenvalue weighted by Crippen LogP contribution is -2.23. The topological polar surface area (TPSA) is 41.1 Å². The molecule has 3 nitrogen and oxygen atoms in total. The first-order chi connectivity index (χ1) is 8.99. The molecule has 0 spiro atoms. The maximum Gasteiger partial charge on any atom is 0.225 e. The van der Waals surface area contributed by atoms with Crippen LogP contribution in [0.5, 0.6) is 0 Å². The number of hydrogen-bond acceptors (Lipinski definition) is 2. The van der Waals surface area contributed by atoms with Gasteiger partial charge in [0.05, 0.1) is 0 Å². The summed E-state index contributed by atoms with van der Waals surface area (Å²) in [6.07, 6.45) is 1.67. The molecule has 3 heteroatoms. The van der Waals surface area contributed by atoms with Gasteiger partial charge in [-0.2, -0.15) is 0 Å². The number of rotatable bonds is 7. The minimum absolute atomic E-state index is 0.0731. The lowest BCUT2D eigenvalue weighted by Gasteiger charge is -2.10. The van der Waals surface area contributed by atoms with Crippen molar-refractivity contribution in [3.05, 3.63) is 29.3 Å². The minimum Gasteiger partial charge on any atom is -0.326 e. The van der Waals surface area contributed by atoms with Crippen LogP contribution in [0.3, 0.4) is 0 Å². The second-order valence-electron chi connectivity index (χ2n) is 5.55. The standard InChI is InChI=1S/C16H26N2O/c1-12(2)7-9-17-10-8-16(19)18-15-6-5-13(3)11-14(15)4/h5-6,11-12,17H,7-10H2,1-4H3,(H,18,19).